The largest absolute Gasteiger partial charge is 0.356 e. The van der Waals surface area contributed by atoms with Gasteiger partial charge >= 0.3 is 0 Å². The highest BCUT2D eigenvalue weighted by molar-refractivity contribution is 5.91. The van der Waals surface area contributed by atoms with Crippen molar-refractivity contribution in [1.29, 1.82) is 0 Å². The van der Waals surface area contributed by atoms with E-state index in [1.165, 1.54) is 25.9 Å². The Bertz CT molecular complexity index is 854. The number of hydrogen-bond acceptors (Lipinski definition) is 3. The van der Waals surface area contributed by atoms with E-state index in [2.05, 4.69) is 49.3 Å². The third kappa shape index (κ3) is 3.22. The van der Waals surface area contributed by atoms with E-state index in [9.17, 15) is 0 Å². The van der Waals surface area contributed by atoms with Crippen LogP contribution in [0, 0.1) is 0 Å². The summed E-state index contributed by atoms with van der Waals surface area (Å²) in [6.45, 7) is 2.45. The van der Waals surface area contributed by atoms with Crippen LogP contribution in [0.15, 0.2) is 54.6 Å². The molecule has 4 rings (SSSR count). The second kappa shape index (κ2) is 6.81. The van der Waals surface area contributed by atoms with Crippen LogP contribution in [-0.4, -0.2) is 43.2 Å². The molecular formula is C21H25N4+. The Morgan fingerprint density at radius 3 is 2.36 bits per heavy atom. The molecule has 0 saturated carbocycles. The van der Waals surface area contributed by atoms with E-state index in [1.807, 2.05) is 24.3 Å². The second-order valence-electron chi connectivity index (χ2n) is 7.05. The molecule has 0 atom stereocenters. The molecule has 3 aromatic rings. The van der Waals surface area contributed by atoms with Crippen LogP contribution in [0.25, 0.3) is 22.3 Å². The van der Waals surface area contributed by atoms with Gasteiger partial charge in [-0.3, -0.25) is 0 Å². The predicted molar refractivity (Wildman–Crippen MR) is 103 cm³/mol. The van der Waals surface area contributed by atoms with Gasteiger partial charge in [0, 0.05) is 36.9 Å². The highest BCUT2D eigenvalue weighted by Gasteiger charge is 2.25. The molecule has 1 aliphatic heterocycles. The van der Waals surface area contributed by atoms with E-state index in [4.69, 9.17) is 9.97 Å². The Hall–Kier alpha value is -2.46. The first-order valence-electron chi connectivity index (χ1n) is 9.09. The maximum absolute atomic E-state index is 4.97. The molecule has 1 saturated heterocycles. The first-order chi connectivity index (χ1) is 12.2. The topological polar surface area (TPSA) is 33.5 Å². The number of para-hydroxylation sites is 1. The van der Waals surface area contributed by atoms with Gasteiger partial charge in [-0.05, 0) is 12.1 Å². The molecule has 1 fully saturated rings. The average Bonchev–Trinajstić information content (AvgIpc) is 2.68. The summed E-state index contributed by atoms with van der Waals surface area (Å²) >= 11 is 0. The van der Waals surface area contributed by atoms with Crippen LogP contribution >= 0.6 is 0 Å². The summed E-state index contributed by atoms with van der Waals surface area (Å²) in [4.78, 5) is 13.8. The lowest BCUT2D eigenvalue weighted by Gasteiger charge is -2.34. The van der Waals surface area contributed by atoms with Gasteiger partial charge in [0.15, 0.2) is 5.82 Å². The Labute approximate surface area is 149 Å². The van der Waals surface area contributed by atoms with Crippen LogP contribution in [0.2, 0.25) is 0 Å². The van der Waals surface area contributed by atoms with Crippen LogP contribution in [0.3, 0.4) is 0 Å². The number of benzene rings is 2. The molecule has 2 aromatic carbocycles. The molecule has 0 spiro atoms. The highest BCUT2D eigenvalue weighted by atomic mass is 15.2. The summed E-state index contributed by atoms with van der Waals surface area (Å²) in [5.74, 6) is 1.86. The third-order valence-electron chi connectivity index (χ3n) is 5.31. The lowest BCUT2D eigenvalue weighted by Crippen LogP contribution is -3.10. The molecule has 0 aliphatic carbocycles. The standard InChI is InChI=1S/C21H24N4/c1-24-14-12-17(13-15-24)25(2)21-18-10-6-7-11-19(18)22-20(23-21)16-8-4-3-5-9-16/h3-11,17H,12-15H2,1-2H3/p+1. The Morgan fingerprint density at radius 1 is 0.920 bits per heavy atom. The molecule has 1 aromatic heterocycles. The zero-order chi connectivity index (χ0) is 17.2. The SMILES string of the molecule is CN(c1nc(-c2ccccc2)nc2ccccc12)C1CC[NH+](C)CC1. The maximum atomic E-state index is 4.97. The monoisotopic (exact) mass is 333 g/mol. The van der Waals surface area contributed by atoms with Gasteiger partial charge in [-0.1, -0.05) is 42.5 Å². The lowest BCUT2D eigenvalue weighted by atomic mass is 10.0. The van der Waals surface area contributed by atoms with Crippen molar-refractivity contribution in [2.24, 2.45) is 0 Å². The summed E-state index contributed by atoms with van der Waals surface area (Å²) in [6.07, 6.45) is 2.42. The maximum Gasteiger partial charge on any atom is 0.162 e. The molecule has 4 nitrogen and oxygen atoms in total. The van der Waals surface area contributed by atoms with Gasteiger partial charge in [-0.2, -0.15) is 0 Å². The molecule has 128 valence electrons. The van der Waals surface area contributed by atoms with E-state index in [1.54, 1.807) is 4.90 Å². The number of piperidine rings is 1. The number of rotatable bonds is 3. The third-order valence-corrected chi connectivity index (χ3v) is 5.31. The molecule has 4 heteroatoms. The van der Waals surface area contributed by atoms with Gasteiger partial charge in [0.05, 0.1) is 25.7 Å². The fourth-order valence-electron chi connectivity index (χ4n) is 3.70. The van der Waals surface area contributed by atoms with Crippen molar-refractivity contribution >= 4 is 16.7 Å². The number of hydrogen-bond donors (Lipinski definition) is 1. The number of likely N-dealkylation sites (tertiary alicyclic amines) is 1. The quantitative estimate of drug-likeness (QED) is 0.799. The van der Waals surface area contributed by atoms with Crippen molar-refractivity contribution in [3.63, 3.8) is 0 Å². The summed E-state index contributed by atoms with van der Waals surface area (Å²) in [6, 6.07) is 19.1. The summed E-state index contributed by atoms with van der Waals surface area (Å²) in [5, 5.41) is 1.14. The summed E-state index contributed by atoms with van der Waals surface area (Å²) in [7, 11) is 4.47. The summed E-state index contributed by atoms with van der Waals surface area (Å²) < 4.78 is 0. The van der Waals surface area contributed by atoms with Crippen molar-refractivity contribution in [2.75, 3.05) is 32.1 Å². The molecule has 1 aliphatic rings. The molecule has 0 bridgehead atoms. The number of fused-ring (bicyclic) bond motifs is 1. The summed E-state index contributed by atoms with van der Waals surface area (Å²) in [5.41, 5.74) is 2.08. The van der Waals surface area contributed by atoms with E-state index in [0.717, 1.165) is 28.1 Å². The minimum Gasteiger partial charge on any atom is -0.356 e. The molecular weight excluding hydrogens is 308 g/mol. The molecule has 0 radical (unpaired) electrons. The zero-order valence-electron chi connectivity index (χ0n) is 14.9. The van der Waals surface area contributed by atoms with E-state index < -0.39 is 0 Å². The number of quaternary nitrogens is 1. The smallest absolute Gasteiger partial charge is 0.162 e. The number of nitrogens with zero attached hydrogens (tertiary/aromatic N) is 3. The van der Waals surface area contributed by atoms with E-state index >= 15 is 0 Å². The molecule has 1 N–H and O–H groups in total. The number of anilines is 1. The predicted octanol–water partition coefficient (Wildman–Crippen LogP) is 2.41. The van der Waals surface area contributed by atoms with Crippen molar-refractivity contribution in [3.05, 3.63) is 54.6 Å². The highest BCUT2D eigenvalue weighted by Crippen LogP contribution is 2.29. The van der Waals surface area contributed by atoms with Crippen LogP contribution in [0.4, 0.5) is 5.82 Å². The molecule has 0 unspecified atom stereocenters. The van der Waals surface area contributed by atoms with Crippen LogP contribution < -0.4 is 9.80 Å². The number of nitrogens with one attached hydrogen (secondary N) is 1. The van der Waals surface area contributed by atoms with Gasteiger partial charge in [0.25, 0.3) is 0 Å². The minimum absolute atomic E-state index is 0.547. The molecule has 2 heterocycles. The Kier molecular flexibility index (Phi) is 4.36. The van der Waals surface area contributed by atoms with Crippen LogP contribution in [0.5, 0.6) is 0 Å². The minimum atomic E-state index is 0.547. The molecule has 0 amide bonds. The van der Waals surface area contributed by atoms with Crippen molar-refractivity contribution in [3.8, 4) is 11.4 Å². The van der Waals surface area contributed by atoms with Gasteiger partial charge in [-0.15, -0.1) is 0 Å². The molecule has 25 heavy (non-hydrogen) atoms. The normalized spacial score (nSPS) is 20.6. The first-order valence-corrected chi connectivity index (χ1v) is 9.09. The van der Waals surface area contributed by atoms with Gasteiger partial charge in [-0.25, -0.2) is 9.97 Å². The fraction of sp³-hybridized carbons (Fsp3) is 0.333. The van der Waals surface area contributed by atoms with Crippen molar-refractivity contribution in [1.82, 2.24) is 9.97 Å². The van der Waals surface area contributed by atoms with E-state index in [0.29, 0.717) is 6.04 Å². The Morgan fingerprint density at radius 2 is 1.60 bits per heavy atom. The van der Waals surface area contributed by atoms with Gasteiger partial charge < -0.3 is 9.80 Å². The zero-order valence-corrected chi connectivity index (χ0v) is 14.9. The van der Waals surface area contributed by atoms with E-state index in [-0.39, 0.29) is 0 Å². The lowest BCUT2D eigenvalue weighted by molar-refractivity contribution is -0.884. The van der Waals surface area contributed by atoms with Crippen molar-refractivity contribution in [2.45, 2.75) is 18.9 Å². The Balaban J connectivity index is 1.78. The van der Waals surface area contributed by atoms with Gasteiger partial charge in [0.1, 0.15) is 5.82 Å². The second-order valence-corrected chi connectivity index (χ2v) is 7.05. The van der Waals surface area contributed by atoms with Gasteiger partial charge in [0.2, 0.25) is 0 Å². The van der Waals surface area contributed by atoms with Crippen LogP contribution in [0.1, 0.15) is 12.8 Å². The number of aromatic nitrogens is 2. The fourth-order valence-corrected chi connectivity index (χ4v) is 3.70. The van der Waals surface area contributed by atoms with Crippen molar-refractivity contribution < 1.29 is 4.90 Å². The first kappa shape index (κ1) is 16.0. The average molecular weight is 333 g/mol. The van der Waals surface area contributed by atoms with Crippen LogP contribution in [-0.2, 0) is 0 Å².